The van der Waals surface area contributed by atoms with Crippen LogP contribution in [0.15, 0.2) is 6.07 Å². The van der Waals surface area contributed by atoms with Crippen LogP contribution in [0.25, 0.3) is 0 Å². The van der Waals surface area contributed by atoms with Crippen LogP contribution in [-0.2, 0) is 4.74 Å². The highest BCUT2D eigenvalue weighted by Gasteiger charge is 2.07. The van der Waals surface area contributed by atoms with Gasteiger partial charge in [-0.25, -0.2) is 4.79 Å². The Morgan fingerprint density at radius 3 is 2.90 bits per heavy atom. The molecule has 0 atom stereocenters. The summed E-state index contributed by atoms with van der Waals surface area (Å²) < 4.78 is 8.41. The maximum Gasteiger partial charge on any atom is 0.349 e. The normalized spacial score (nSPS) is 9.40. The summed E-state index contributed by atoms with van der Waals surface area (Å²) in [5.41, 5.74) is 0.852. The number of carbonyl (C=O) groups is 1. The minimum Gasteiger partial charge on any atom is -0.465 e. The summed E-state index contributed by atoms with van der Waals surface area (Å²) in [4.78, 5) is 11.3. The fraction of sp³-hybridized carbons (Fsp3) is 0.333. The third kappa shape index (κ3) is 1.33. The second-order valence-electron chi connectivity index (χ2n) is 1.82. The highest BCUT2D eigenvalue weighted by molar-refractivity contribution is 7.08. The number of esters is 1. The molecule has 0 bridgehead atoms. The van der Waals surface area contributed by atoms with Gasteiger partial charge in [0.05, 0.1) is 12.8 Å². The average Bonchev–Trinajstić information content (AvgIpc) is 2.34. The molecule has 1 heterocycles. The first-order valence-electron chi connectivity index (χ1n) is 2.75. The van der Waals surface area contributed by atoms with E-state index in [0.29, 0.717) is 4.88 Å². The number of carbonyl (C=O) groups excluding carboxylic acids is 1. The van der Waals surface area contributed by atoms with E-state index in [4.69, 9.17) is 0 Å². The number of hydrogen-bond donors (Lipinski definition) is 0. The van der Waals surface area contributed by atoms with Gasteiger partial charge in [0, 0.05) is 0 Å². The molecular weight excluding hydrogens is 150 g/mol. The molecule has 1 aromatic rings. The summed E-state index contributed by atoms with van der Waals surface area (Å²) in [6.45, 7) is 1.84. The van der Waals surface area contributed by atoms with Crippen LogP contribution < -0.4 is 0 Å². The van der Waals surface area contributed by atoms with Crippen LogP contribution in [0.3, 0.4) is 0 Å². The molecule has 0 amide bonds. The largest absolute Gasteiger partial charge is 0.465 e. The van der Waals surface area contributed by atoms with Crippen molar-refractivity contribution in [3.63, 3.8) is 0 Å². The van der Waals surface area contributed by atoms with Crippen molar-refractivity contribution >= 4 is 17.5 Å². The number of methoxy groups -OCH3 is 1. The van der Waals surface area contributed by atoms with E-state index in [9.17, 15) is 4.79 Å². The van der Waals surface area contributed by atoms with Gasteiger partial charge in [0.15, 0.2) is 0 Å². The molecule has 0 aliphatic carbocycles. The number of nitrogens with zero attached hydrogens (tertiary/aromatic N) is 1. The SMILES string of the molecule is COC(=O)c1cc(C)ns1. The second kappa shape index (κ2) is 2.79. The molecule has 0 aromatic carbocycles. The molecule has 0 saturated carbocycles. The van der Waals surface area contributed by atoms with Gasteiger partial charge in [-0.1, -0.05) is 0 Å². The lowest BCUT2D eigenvalue weighted by atomic mass is 10.4. The predicted octanol–water partition coefficient (Wildman–Crippen LogP) is 1.24. The Bertz CT molecular complexity index is 244. The average molecular weight is 157 g/mol. The van der Waals surface area contributed by atoms with Crippen LogP contribution in [0.4, 0.5) is 0 Å². The maximum absolute atomic E-state index is 10.8. The lowest BCUT2D eigenvalue weighted by Crippen LogP contribution is -1.96. The molecular formula is C6H7NO2S. The van der Waals surface area contributed by atoms with Crippen LogP contribution in [-0.4, -0.2) is 17.5 Å². The van der Waals surface area contributed by atoms with E-state index in [2.05, 4.69) is 9.11 Å². The van der Waals surface area contributed by atoms with E-state index in [1.807, 2.05) is 6.92 Å². The Labute approximate surface area is 62.8 Å². The van der Waals surface area contributed by atoms with Crippen molar-refractivity contribution in [2.24, 2.45) is 0 Å². The first-order valence-corrected chi connectivity index (χ1v) is 3.53. The summed E-state index contributed by atoms with van der Waals surface area (Å²) in [7, 11) is 1.36. The molecule has 0 fully saturated rings. The monoisotopic (exact) mass is 157 g/mol. The zero-order chi connectivity index (χ0) is 7.56. The Morgan fingerprint density at radius 2 is 2.50 bits per heavy atom. The van der Waals surface area contributed by atoms with Gasteiger partial charge in [0.25, 0.3) is 0 Å². The van der Waals surface area contributed by atoms with Crippen molar-refractivity contribution in [1.82, 2.24) is 4.37 Å². The number of rotatable bonds is 1. The van der Waals surface area contributed by atoms with Crippen LogP contribution in [0.5, 0.6) is 0 Å². The lowest BCUT2D eigenvalue weighted by molar-refractivity contribution is 0.0606. The molecule has 1 aromatic heterocycles. The zero-order valence-corrected chi connectivity index (χ0v) is 6.57. The topological polar surface area (TPSA) is 39.2 Å². The van der Waals surface area contributed by atoms with Gasteiger partial charge in [0.1, 0.15) is 4.88 Å². The Hall–Kier alpha value is -0.900. The molecule has 0 aliphatic rings. The maximum atomic E-state index is 10.8. The number of hydrogen-bond acceptors (Lipinski definition) is 4. The summed E-state index contributed by atoms with van der Waals surface area (Å²) in [6.07, 6.45) is 0. The minimum atomic E-state index is -0.314. The highest BCUT2D eigenvalue weighted by Crippen LogP contribution is 2.09. The van der Waals surface area contributed by atoms with Crippen molar-refractivity contribution < 1.29 is 9.53 Å². The van der Waals surface area contributed by atoms with Gasteiger partial charge >= 0.3 is 5.97 Å². The van der Waals surface area contributed by atoms with Gasteiger partial charge < -0.3 is 4.74 Å². The molecule has 0 unspecified atom stereocenters. The van der Waals surface area contributed by atoms with Gasteiger partial charge in [-0.2, -0.15) is 4.37 Å². The highest BCUT2D eigenvalue weighted by atomic mass is 32.1. The molecule has 0 N–H and O–H groups in total. The van der Waals surface area contributed by atoms with Gasteiger partial charge in [-0.15, -0.1) is 0 Å². The molecule has 0 radical (unpaired) electrons. The fourth-order valence-corrected chi connectivity index (χ4v) is 1.24. The van der Waals surface area contributed by atoms with E-state index in [0.717, 1.165) is 17.2 Å². The molecule has 0 aliphatic heterocycles. The van der Waals surface area contributed by atoms with E-state index in [-0.39, 0.29) is 5.97 Å². The standard InChI is InChI=1S/C6H7NO2S/c1-4-3-5(10-7-4)6(8)9-2/h3H,1-2H3. The Kier molecular flexibility index (Phi) is 2.01. The van der Waals surface area contributed by atoms with Crippen molar-refractivity contribution in [3.8, 4) is 0 Å². The predicted molar refractivity (Wildman–Crippen MR) is 38.2 cm³/mol. The van der Waals surface area contributed by atoms with Crippen molar-refractivity contribution in [3.05, 3.63) is 16.6 Å². The van der Waals surface area contributed by atoms with Gasteiger partial charge in [-0.3, -0.25) is 0 Å². The summed E-state index contributed by atoms with van der Waals surface area (Å²) in [6, 6.07) is 1.70. The van der Waals surface area contributed by atoms with Gasteiger partial charge in [-0.05, 0) is 24.5 Å². The summed E-state index contributed by atoms with van der Waals surface area (Å²) >= 11 is 1.16. The molecule has 10 heavy (non-hydrogen) atoms. The molecule has 0 spiro atoms. The molecule has 3 nitrogen and oxygen atoms in total. The molecule has 0 saturated heterocycles. The summed E-state index contributed by atoms with van der Waals surface area (Å²) in [5.74, 6) is -0.314. The fourth-order valence-electron chi connectivity index (χ4n) is 0.560. The minimum absolute atomic E-state index is 0.314. The quantitative estimate of drug-likeness (QED) is 0.576. The van der Waals surface area contributed by atoms with E-state index in [1.165, 1.54) is 7.11 Å². The van der Waals surface area contributed by atoms with Crippen LogP contribution >= 0.6 is 11.5 Å². The number of ether oxygens (including phenoxy) is 1. The number of aromatic nitrogens is 1. The smallest absolute Gasteiger partial charge is 0.349 e. The van der Waals surface area contributed by atoms with Crippen molar-refractivity contribution in [2.75, 3.05) is 7.11 Å². The van der Waals surface area contributed by atoms with Crippen LogP contribution in [0, 0.1) is 6.92 Å². The Morgan fingerprint density at radius 1 is 1.80 bits per heavy atom. The third-order valence-electron chi connectivity index (χ3n) is 1.01. The molecule has 4 heteroatoms. The van der Waals surface area contributed by atoms with Gasteiger partial charge in [0.2, 0.25) is 0 Å². The third-order valence-corrected chi connectivity index (χ3v) is 1.88. The van der Waals surface area contributed by atoms with E-state index in [1.54, 1.807) is 6.07 Å². The first-order chi connectivity index (χ1) is 4.74. The van der Waals surface area contributed by atoms with Crippen LogP contribution in [0.2, 0.25) is 0 Å². The number of aryl methyl sites for hydroxylation is 1. The van der Waals surface area contributed by atoms with E-state index < -0.39 is 0 Å². The van der Waals surface area contributed by atoms with Crippen molar-refractivity contribution in [1.29, 1.82) is 0 Å². The first kappa shape index (κ1) is 7.21. The van der Waals surface area contributed by atoms with Crippen LogP contribution in [0.1, 0.15) is 15.4 Å². The molecule has 1 rings (SSSR count). The van der Waals surface area contributed by atoms with E-state index >= 15 is 0 Å². The summed E-state index contributed by atoms with van der Waals surface area (Å²) in [5, 5.41) is 0. The van der Waals surface area contributed by atoms with Crippen molar-refractivity contribution in [2.45, 2.75) is 6.92 Å². The second-order valence-corrected chi connectivity index (χ2v) is 2.63. The molecule has 54 valence electrons. The lowest BCUT2D eigenvalue weighted by Gasteiger charge is -1.89. The Balaban J connectivity index is 2.85. The zero-order valence-electron chi connectivity index (χ0n) is 5.75.